The number of halogens is 2. The van der Waals surface area contributed by atoms with Gasteiger partial charge in [-0.25, -0.2) is 8.42 Å². The van der Waals surface area contributed by atoms with Gasteiger partial charge >= 0.3 is 5.97 Å². The molecule has 0 aromatic heterocycles. The van der Waals surface area contributed by atoms with Crippen LogP contribution in [0.2, 0.25) is 10.0 Å². The van der Waals surface area contributed by atoms with E-state index in [4.69, 9.17) is 27.9 Å². The first-order valence-electron chi connectivity index (χ1n) is 8.41. The van der Waals surface area contributed by atoms with Crippen molar-refractivity contribution in [3.05, 3.63) is 58.1 Å². The number of nitrogens with zero attached hydrogens (tertiary/aromatic N) is 1. The Balaban J connectivity index is 2.48. The Morgan fingerprint density at radius 3 is 2.22 bits per heavy atom. The maximum absolute atomic E-state index is 13.2. The van der Waals surface area contributed by atoms with Crippen molar-refractivity contribution < 1.29 is 17.9 Å². The topological polar surface area (TPSA) is 63.7 Å². The van der Waals surface area contributed by atoms with E-state index in [1.165, 1.54) is 18.2 Å². The predicted molar refractivity (Wildman–Crippen MR) is 108 cm³/mol. The van der Waals surface area contributed by atoms with Gasteiger partial charge in [-0.3, -0.25) is 9.10 Å². The van der Waals surface area contributed by atoms with Crippen LogP contribution < -0.4 is 4.31 Å². The van der Waals surface area contributed by atoms with E-state index >= 15 is 0 Å². The summed E-state index contributed by atoms with van der Waals surface area (Å²) in [6.45, 7) is 4.95. The second kappa shape index (κ2) is 8.95. The van der Waals surface area contributed by atoms with Crippen LogP contribution in [-0.4, -0.2) is 27.0 Å². The lowest BCUT2D eigenvalue weighted by atomic mass is 10.1. The van der Waals surface area contributed by atoms with Crippen LogP contribution in [0.1, 0.15) is 26.3 Å². The van der Waals surface area contributed by atoms with Crippen molar-refractivity contribution in [1.82, 2.24) is 0 Å². The van der Waals surface area contributed by atoms with Gasteiger partial charge in [0.25, 0.3) is 10.0 Å². The summed E-state index contributed by atoms with van der Waals surface area (Å²) in [6, 6.07) is 11.0. The lowest BCUT2D eigenvalue weighted by Gasteiger charge is -2.24. The number of hydrogen-bond acceptors (Lipinski definition) is 4. The Labute approximate surface area is 169 Å². The molecule has 146 valence electrons. The molecule has 0 N–H and O–H groups in total. The van der Waals surface area contributed by atoms with Crippen LogP contribution in [0, 0.1) is 0 Å². The third-order valence-electron chi connectivity index (χ3n) is 3.75. The molecule has 0 amide bonds. The molecule has 2 aromatic rings. The summed E-state index contributed by atoms with van der Waals surface area (Å²) in [5, 5.41) is 0.359. The van der Waals surface area contributed by atoms with Crippen molar-refractivity contribution in [3.63, 3.8) is 0 Å². The number of aryl methyl sites for hydroxylation is 1. The Morgan fingerprint density at radius 2 is 1.70 bits per heavy atom. The molecule has 0 unspecified atom stereocenters. The molecule has 0 saturated carbocycles. The van der Waals surface area contributed by atoms with Crippen LogP contribution in [-0.2, 0) is 26.0 Å². The standard InChI is InChI=1S/C19H21Cl2NO4S/c1-4-14-5-7-15(8-6-14)22(12-19(23)26-13(2)3)27(24,25)16-9-10-17(20)18(21)11-16/h5-11,13H,4,12H2,1-3H3. The van der Waals surface area contributed by atoms with E-state index in [9.17, 15) is 13.2 Å². The predicted octanol–water partition coefficient (Wildman–Crippen LogP) is 4.70. The molecule has 0 fully saturated rings. The molecule has 27 heavy (non-hydrogen) atoms. The first kappa shape index (κ1) is 21.5. The van der Waals surface area contributed by atoms with Gasteiger partial charge in [0, 0.05) is 0 Å². The van der Waals surface area contributed by atoms with Gasteiger partial charge in [0.15, 0.2) is 0 Å². The normalized spacial score (nSPS) is 11.5. The maximum Gasteiger partial charge on any atom is 0.327 e. The highest BCUT2D eigenvalue weighted by molar-refractivity contribution is 7.92. The van der Waals surface area contributed by atoms with Crippen molar-refractivity contribution >= 4 is 44.9 Å². The van der Waals surface area contributed by atoms with E-state index in [1.807, 2.05) is 19.1 Å². The number of rotatable bonds is 7. The van der Waals surface area contributed by atoms with Gasteiger partial charge in [-0.15, -0.1) is 0 Å². The number of ether oxygens (including phenoxy) is 1. The zero-order valence-electron chi connectivity index (χ0n) is 15.3. The van der Waals surface area contributed by atoms with Crippen LogP contribution in [0.5, 0.6) is 0 Å². The first-order valence-corrected chi connectivity index (χ1v) is 10.6. The molecule has 0 aliphatic rings. The Morgan fingerprint density at radius 1 is 1.07 bits per heavy atom. The average molecular weight is 430 g/mol. The van der Waals surface area contributed by atoms with E-state index in [0.717, 1.165) is 16.3 Å². The second-order valence-electron chi connectivity index (χ2n) is 6.15. The average Bonchev–Trinajstić information content (AvgIpc) is 2.61. The SMILES string of the molecule is CCc1ccc(N(CC(=O)OC(C)C)S(=O)(=O)c2ccc(Cl)c(Cl)c2)cc1. The summed E-state index contributed by atoms with van der Waals surface area (Å²) >= 11 is 11.9. The van der Waals surface area contributed by atoms with Crippen LogP contribution in [0.15, 0.2) is 47.4 Å². The van der Waals surface area contributed by atoms with E-state index in [0.29, 0.717) is 5.69 Å². The molecule has 0 spiro atoms. The van der Waals surface area contributed by atoms with Gasteiger partial charge in [-0.05, 0) is 56.2 Å². The van der Waals surface area contributed by atoms with Crippen LogP contribution in [0.25, 0.3) is 0 Å². The summed E-state index contributed by atoms with van der Waals surface area (Å²) in [4.78, 5) is 12.1. The summed E-state index contributed by atoms with van der Waals surface area (Å²) in [6.07, 6.45) is 0.462. The molecule has 0 saturated heterocycles. The van der Waals surface area contributed by atoms with Crippen LogP contribution >= 0.6 is 23.2 Å². The van der Waals surface area contributed by atoms with E-state index in [1.54, 1.807) is 26.0 Å². The minimum Gasteiger partial charge on any atom is -0.462 e. The summed E-state index contributed by atoms with van der Waals surface area (Å²) in [5.41, 5.74) is 1.41. The van der Waals surface area contributed by atoms with Gasteiger partial charge in [-0.1, -0.05) is 42.3 Å². The van der Waals surface area contributed by atoms with Gasteiger partial charge in [0.2, 0.25) is 0 Å². The highest BCUT2D eigenvalue weighted by Gasteiger charge is 2.28. The molecule has 0 heterocycles. The molecular formula is C19H21Cl2NO4S. The number of benzene rings is 2. The summed E-state index contributed by atoms with van der Waals surface area (Å²) < 4.78 is 32.5. The maximum atomic E-state index is 13.2. The molecule has 2 rings (SSSR count). The third kappa shape index (κ3) is 5.37. The van der Waals surface area contributed by atoms with Crippen molar-refractivity contribution in [2.75, 3.05) is 10.8 Å². The Hall–Kier alpha value is -1.76. The number of hydrogen-bond donors (Lipinski definition) is 0. The van der Waals surface area contributed by atoms with Crippen molar-refractivity contribution in [1.29, 1.82) is 0 Å². The third-order valence-corrected chi connectivity index (χ3v) is 6.26. The lowest BCUT2D eigenvalue weighted by Crippen LogP contribution is -2.37. The molecular weight excluding hydrogens is 409 g/mol. The zero-order chi connectivity index (χ0) is 20.2. The number of carbonyl (C=O) groups is 1. The zero-order valence-corrected chi connectivity index (χ0v) is 17.6. The largest absolute Gasteiger partial charge is 0.462 e. The number of sulfonamides is 1. The molecule has 0 aliphatic carbocycles. The highest BCUT2D eigenvalue weighted by Crippen LogP contribution is 2.29. The number of carbonyl (C=O) groups excluding carboxylic acids is 1. The molecule has 8 heteroatoms. The van der Waals surface area contributed by atoms with Gasteiger partial charge in [0.1, 0.15) is 6.54 Å². The van der Waals surface area contributed by atoms with Crippen LogP contribution in [0.3, 0.4) is 0 Å². The van der Waals surface area contributed by atoms with Gasteiger partial charge in [-0.2, -0.15) is 0 Å². The molecule has 0 atom stereocenters. The minimum absolute atomic E-state index is 0.0613. The summed E-state index contributed by atoms with van der Waals surface area (Å²) in [5.74, 6) is -0.645. The number of esters is 1. The fraction of sp³-hybridized carbons (Fsp3) is 0.316. The Kier molecular flexibility index (Phi) is 7.14. The quantitative estimate of drug-likeness (QED) is 0.598. The minimum atomic E-state index is -4.05. The monoisotopic (exact) mass is 429 g/mol. The number of anilines is 1. The molecule has 0 radical (unpaired) electrons. The van der Waals surface area contributed by atoms with Gasteiger partial charge in [0.05, 0.1) is 26.7 Å². The Bertz CT molecular complexity index is 912. The van der Waals surface area contributed by atoms with E-state index in [-0.39, 0.29) is 21.0 Å². The fourth-order valence-electron chi connectivity index (χ4n) is 2.39. The summed E-state index contributed by atoms with van der Waals surface area (Å²) in [7, 11) is -4.05. The van der Waals surface area contributed by atoms with E-state index in [2.05, 4.69) is 0 Å². The van der Waals surface area contributed by atoms with E-state index < -0.39 is 22.5 Å². The fourth-order valence-corrected chi connectivity index (χ4v) is 4.19. The first-order chi connectivity index (χ1) is 12.6. The van der Waals surface area contributed by atoms with Crippen molar-refractivity contribution in [2.45, 2.75) is 38.2 Å². The van der Waals surface area contributed by atoms with Crippen molar-refractivity contribution in [3.8, 4) is 0 Å². The van der Waals surface area contributed by atoms with Gasteiger partial charge < -0.3 is 4.74 Å². The molecule has 0 aliphatic heterocycles. The highest BCUT2D eigenvalue weighted by atomic mass is 35.5. The second-order valence-corrected chi connectivity index (χ2v) is 8.82. The smallest absolute Gasteiger partial charge is 0.327 e. The molecule has 2 aromatic carbocycles. The molecule has 5 nitrogen and oxygen atoms in total. The van der Waals surface area contributed by atoms with Crippen LogP contribution in [0.4, 0.5) is 5.69 Å². The lowest BCUT2D eigenvalue weighted by molar-refractivity contribution is -0.145. The molecule has 0 bridgehead atoms. The van der Waals surface area contributed by atoms with Crippen molar-refractivity contribution in [2.24, 2.45) is 0 Å².